The van der Waals surface area contributed by atoms with Crippen molar-refractivity contribution in [3.8, 4) is 5.75 Å². The molecule has 2 aromatic rings. The normalized spacial score (nSPS) is 12.2. The first kappa shape index (κ1) is 16.9. The number of halogens is 2. The molecule has 0 saturated heterocycles. The zero-order chi connectivity index (χ0) is 16.3. The zero-order valence-corrected chi connectivity index (χ0v) is 14.2. The summed E-state index contributed by atoms with van der Waals surface area (Å²) in [6.07, 6.45) is -0.392. The molecule has 0 aliphatic heterocycles. The Labute approximate surface area is 141 Å². The van der Waals surface area contributed by atoms with Gasteiger partial charge in [0.2, 0.25) is 5.91 Å². The standard InChI is InChI=1S/C13H14Cl2N4O2S/c1-7(21-10-5-8(14)3-4-9(10)15)12-17-18-13(19(12)2)22-6-11(16)20/h3-5,7H,6H2,1-2H3,(H2,16,20). The summed E-state index contributed by atoms with van der Waals surface area (Å²) in [4.78, 5) is 10.8. The fourth-order valence-electron chi connectivity index (χ4n) is 1.75. The quantitative estimate of drug-likeness (QED) is 0.800. The molecule has 0 fully saturated rings. The number of nitrogens with two attached hydrogens (primary N) is 1. The molecule has 2 N–H and O–H groups in total. The molecule has 9 heteroatoms. The molecule has 0 aliphatic carbocycles. The third kappa shape index (κ3) is 4.06. The molecular weight excluding hydrogens is 347 g/mol. The second kappa shape index (κ2) is 7.21. The van der Waals surface area contributed by atoms with E-state index in [1.807, 2.05) is 6.92 Å². The summed E-state index contributed by atoms with van der Waals surface area (Å²) in [5.41, 5.74) is 5.12. The molecule has 0 saturated carbocycles. The summed E-state index contributed by atoms with van der Waals surface area (Å²) in [5, 5.41) is 9.67. The van der Waals surface area contributed by atoms with Crippen molar-refractivity contribution in [3.05, 3.63) is 34.1 Å². The SMILES string of the molecule is CC(Oc1cc(Cl)ccc1Cl)c1nnc(SCC(N)=O)n1C. The van der Waals surface area contributed by atoms with Crippen LogP contribution in [-0.4, -0.2) is 26.4 Å². The summed E-state index contributed by atoms with van der Waals surface area (Å²) in [6.45, 7) is 1.82. The molecule has 2 rings (SSSR count). The van der Waals surface area contributed by atoms with Gasteiger partial charge >= 0.3 is 0 Å². The van der Waals surface area contributed by atoms with E-state index in [2.05, 4.69) is 10.2 Å². The number of rotatable bonds is 6. The highest BCUT2D eigenvalue weighted by Crippen LogP contribution is 2.31. The van der Waals surface area contributed by atoms with Crippen molar-refractivity contribution in [2.45, 2.75) is 18.2 Å². The van der Waals surface area contributed by atoms with E-state index in [1.165, 1.54) is 11.8 Å². The minimum absolute atomic E-state index is 0.140. The van der Waals surface area contributed by atoms with Gasteiger partial charge in [-0.1, -0.05) is 35.0 Å². The van der Waals surface area contributed by atoms with E-state index in [0.717, 1.165) is 0 Å². The summed E-state index contributed by atoms with van der Waals surface area (Å²) in [5.74, 6) is 0.796. The smallest absolute Gasteiger partial charge is 0.227 e. The number of benzene rings is 1. The van der Waals surface area contributed by atoms with Gasteiger partial charge in [0.25, 0.3) is 0 Å². The lowest BCUT2D eigenvalue weighted by molar-refractivity contribution is -0.115. The Morgan fingerprint density at radius 1 is 1.45 bits per heavy atom. The second-order valence-electron chi connectivity index (χ2n) is 4.49. The van der Waals surface area contributed by atoms with Gasteiger partial charge in [0.15, 0.2) is 17.1 Å². The van der Waals surface area contributed by atoms with Crippen LogP contribution in [0.2, 0.25) is 10.0 Å². The molecule has 6 nitrogen and oxygen atoms in total. The van der Waals surface area contributed by atoms with Crippen molar-refractivity contribution in [2.24, 2.45) is 12.8 Å². The Bertz CT molecular complexity index is 693. The second-order valence-corrected chi connectivity index (χ2v) is 6.28. The highest BCUT2D eigenvalue weighted by Gasteiger charge is 2.18. The number of amides is 1. The number of primary amides is 1. The van der Waals surface area contributed by atoms with E-state index >= 15 is 0 Å². The van der Waals surface area contributed by atoms with Gasteiger partial charge in [0.1, 0.15) is 5.75 Å². The third-order valence-corrected chi connectivity index (χ3v) is 4.36. The molecule has 0 radical (unpaired) electrons. The lowest BCUT2D eigenvalue weighted by Gasteiger charge is -2.15. The van der Waals surface area contributed by atoms with Crippen molar-refractivity contribution >= 4 is 40.9 Å². The van der Waals surface area contributed by atoms with Crippen molar-refractivity contribution in [3.63, 3.8) is 0 Å². The van der Waals surface area contributed by atoms with Crippen LogP contribution in [0.5, 0.6) is 5.75 Å². The molecule has 0 spiro atoms. The summed E-state index contributed by atoms with van der Waals surface area (Å²) >= 11 is 13.2. The van der Waals surface area contributed by atoms with Crippen LogP contribution in [0.3, 0.4) is 0 Å². The van der Waals surface area contributed by atoms with Gasteiger partial charge in [-0.3, -0.25) is 4.79 Å². The van der Waals surface area contributed by atoms with Crippen LogP contribution in [-0.2, 0) is 11.8 Å². The molecule has 0 aliphatic rings. The number of aromatic nitrogens is 3. The topological polar surface area (TPSA) is 83.0 Å². The molecule has 1 aromatic carbocycles. The number of hydrogen-bond donors (Lipinski definition) is 1. The molecule has 1 atom stereocenters. The maximum absolute atomic E-state index is 10.8. The monoisotopic (exact) mass is 360 g/mol. The number of carbonyl (C=O) groups excluding carboxylic acids is 1. The van der Waals surface area contributed by atoms with Crippen LogP contribution in [0.1, 0.15) is 18.9 Å². The van der Waals surface area contributed by atoms with E-state index in [4.69, 9.17) is 33.7 Å². The minimum Gasteiger partial charge on any atom is -0.481 e. The third-order valence-electron chi connectivity index (χ3n) is 2.77. The molecular formula is C13H14Cl2N4O2S. The largest absolute Gasteiger partial charge is 0.481 e. The first-order valence-corrected chi connectivity index (χ1v) is 8.04. The van der Waals surface area contributed by atoms with Crippen molar-refractivity contribution in [1.82, 2.24) is 14.8 Å². The molecule has 118 valence electrons. The van der Waals surface area contributed by atoms with Gasteiger partial charge in [-0.05, 0) is 19.1 Å². The number of nitrogens with zero attached hydrogens (tertiary/aromatic N) is 3. The summed E-state index contributed by atoms with van der Waals surface area (Å²) < 4.78 is 7.54. The molecule has 1 heterocycles. The van der Waals surface area contributed by atoms with E-state index in [0.29, 0.717) is 26.8 Å². The Hall–Kier alpha value is -1.44. The first-order chi connectivity index (χ1) is 10.4. The van der Waals surface area contributed by atoms with Gasteiger partial charge in [0.05, 0.1) is 10.8 Å². The molecule has 22 heavy (non-hydrogen) atoms. The van der Waals surface area contributed by atoms with Crippen LogP contribution in [0, 0.1) is 0 Å². The summed E-state index contributed by atoms with van der Waals surface area (Å²) in [6, 6.07) is 4.98. The highest BCUT2D eigenvalue weighted by atomic mass is 35.5. The molecule has 1 amide bonds. The van der Waals surface area contributed by atoms with Crippen LogP contribution in [0.25, 0.3) is 0 Å². The first-order valence-electron chi connectivity index (χ1n) is 6.30. The molecule has 1 aromatic heterocycles. The van der Waals surface area contributed by atoms with Gasteiger partial charge in [-0.15, -0.1) is 10.2 Å². The van der Waals surface area contributed by atoms with Crippen molar-refractivity contribution in [1.29, 1.82) is 0 Å². The lowest BCUT2D eigenvalue weighted by atomic mass is 10.3. The van der Waals surface area contributed by atoms with E-state index in [-0.39, 0.29) is 5.75 Å². The van der Waals surface area contributed by atoms with Crippen molar-refractivity contribution < 1.29 is 9.53 Å². The average Bonchev–Trinajstić information content (AvgIpc) is 2.82. The van der Waals surface area contributed by atoms with Crippen LogP contribution < -0.4 is 10.5 Å². The van der Waals surface area contributed by atoms with Gasteiger partial charge in [0, 0.05) is 18.1 Å². The predicted molar refractivity (Wildman–Crippen MR) is 86.4 cm³/mol. The number of carbonyl (C=O) groups is 1. The minimum atomic E-state index is -0.412. The van der Waals surface area contributed by atoms with E-state index in [1.54, 1.807) is 29.8 Å². The predicted octanol–water partition coefficient (Wildman–Crippen LogP) is 2.84. The Balaban J connectivity index is 2.14. The Morgan fingerprint density at radius 3 is 2.86 bits per heavy atom. The highest BCUT2D eigenvalue weighted by molar-refractivity contribution is 7.99. The fraction of sp³-hybridized carbons (Fsp3) is 0.308. The summed E-state index contributed by atoms with van der Waals surface area (Å²) in [7, 11) is 1.79. The number of thioether (sulfide) groups is 1. The van der Waals surface area contributed by atoms with Crippen LogP contribution in [0.15, 0.2) is 23.4 Å². The maximum Gasteiger partial charge on any atom is 0.227 e. The Morgan fingerprint density at radius 2 is 2.18 bits per heavy atom. The van der Waals surface area contributed by atoms with Crippen LogP contribution >= 0.6 is 35.0 Å². The molecule has 0 bridgehead atoms. The van der Waals surface area contributed by atoms with Crippen molar-refractivity contribution in [2.75, 3.05) is 5.75 Å². The lowest BCUT2D eigenvalue weighted by Crippen LogP contribution is -2.14. The van der Waals surface area contributed by atoms with Gasteiger partial charge in [-0.25, -0.2) is 0 Å². The van der Waals surface area contributed by atoms with Crippen LogP contribution in [0.4, 0.5) is 0 Å². The van der Waals surface area contributed by atoms with Gasteiger partial charge in [-0.2, -0.15) is 0 Å². The Kier molecular flexibility index (Phi) is 5.55. The number of ether oxygens (including phenoxy) is 1. The van der Waals surface area contributed by atoms with E-state index < -0.39 is 12.0 Å². The molecule has 1 unspecified atom stereocenters. The van der Waals surface area contributed by atoms with Gasteiger partial charge < -0.3 is 15.0 Å². The average molecular weight is 361 g/mol. The number of hydrogen-bond acceptors (Lipinski definition) is 5. The fourth-order valence-corrected chi connectivity index (χ4v) is 2.73. The van der Waals surface area contributed by atoms with E-state index in [9.17, 15) is 4.79 Å². The zero-order valence-electron chi connectivity index (χ0n) is 11.9. The maximum atomic E-state index is 10.8.